The van der Waals surface area contributed by atoms with E-state index in [4.69, 9.17) is 9.98 Å². The van der Waals surface area contributed by atoms with Crippen LogP contribution in [0.25, 0.3) is 21.8 Å². The zero-order valence-corrected chi connectivity index (χ0v) is 24.5. The Balaban J connectivity index is 1.41. The summed E-state index contributed by atoms with van der Waals surface area (Å²) < 4.78 is 15.5. The molecule has 0 amide bonds. The Labute approximate surface area is 246 Å². The van der Waals surface area contributed by atoms with Crippen molar-refractivity contribution in [1.82, 2.24) is 9.88 Å². The van der Waals surface area contributed by atoms with Crippen molar-refractivity contribution in [1.29, 1.82) is 0 Å². The van der Waals surface area contributed by atoms with Crippen molar-refractivity contribution >= 4 is 43.8 Å². The van der Waals surface area contributed by atoms with Crippen LogP contribution in [0.4, 0.5) is 15.1 Å². The van der Waals surface area contributed by atoms with Crippen molar-refractivity contribution in [3.8, 4) is 21.8 Å². The molecule has 1 aliphatic rings. The van der Waals surface area contributed by atoms with E-state index in [1.807, 2.05) is 42.5 Å². The highest BCUT2D eigenvalue weighted by Crippen LogP contribution is 2.40. The number of para-hydroxylation sites is 1. The number of aryl methyl sites for hydroxylation is 1. The average molecular weight is 612 g/mol. The topological polar surface area (TPSA) is 31.7 Å². The minimum atomic E-state index is -0.182. The van der Waals surface area contributed by atoms with Gasteiger partial charge in [0.15, 0.2) is 0 Å². The van der Waals surface area contributed by atoms with E-state index in [2.05, 4.69) is 81.2 Å². The third-order valence-electron chi connectivity index (χ3n) is 7.04. The molecule has 4 nitrogen and oxygen atoms in total. The quantitative estimate of drug-likeness (QED) is 0.147. The minimum Gasteiger partial charge on any atom is -0.366 e. The fourth-order valence-electron chi connectivity index (χ4n) is 4.87. The number of thiazole rings is 1. The maximum Gasteiger partial charge on any atom is 0.146 e. The molecule has 1 aliphatic heterocycles. The normalized spacial score (nSPS) is 14.0. The first-order valence-corrected chi connectivity index (χ1v) is 14.9. The molecule has 7 heteroatoms. The molecule has 0 radical (unpaired) electrons. The number of piperazine rings is 1. The van der Waals surface area contributed by atoms with Gasteiger partial charge in [-0.1, -0.05) is 112 Å². The molecule has 0 spiro atoms. The smallest absolute Gasteiger partial charge is 0.146 e. The Bertz CT molecular complexity index is 1620. The molecule has 0 atom stereocenters. The zero-order chi connectivity index (χ0) is 27.5. The van der Waals surface area contributed by atoms with Crippen LogP contribution in [0.5, 0.6) is 0 Å². The van der Waals surface area contributed by atoms with Gasteiger partial charge in [-0.05, 0) is 31.2 Å². The van der Waals surface area contributed by atoms with Crippen LogP contribution >= 0.6 is 27.3 Å². The maximum atomic E-state index is 14.5. The number of hydrogen-bond acceptors (Lipinski definition) is 4. The number of hydrogen-bond donors (Lipinski definition) is 0. The van der Waals surface area contributed by atoms with Crippen LogP contribution in [0.15, 0.2) is 113 Å². The highest BCUT2D eigenvalue weighted by Gasteiger charge is 2.24. The average Bonchev–Trinajstić information content (AvgIpc) is 3.42. The van der Waals surface area contributed by atoms with Crippen LogP contribution in [0.2, 0.25) is 0 Å². The van der Waals surface area contributed by atoms with Gasteiger partial charge in [0.05, 0.1) is 5.69 Å². The first-order valence-electron chi connectivity index (χ1n) is 13.3. The lowest BCUT2D eigenvalue weighted by Crippen LogP contribution is -2.49. The Morgan fingerprint density at radius 1 is 0.800 bits per heavy atom. The molecule has 1 fully saturated rings. The molecule has 0 N–H and O–H groups in total. The standard InChI is InChI=1S/C33H28BrFN4S/c1-23-11-13-24(14-12-23)30-33(40-32(36-30)26-7-3-2-4-8-26)37-31(25-15-17-27(34)18-16-25)39-21-19-38(20-22-39)29-10-6-5-9-28(29)35/h2-18H,19-22H2,1H3/b37-31+. The van der Waals surface area contributed by atoms with E-state index >= 15 is 0 Å². The van der Waals surface area contributed by atoms with Gasteiger partial charge in [-0.15, -0.1) is 0 Å². The van der Waals surface area contributed by atoms with E-state index in [0.29, 0.717) is 18.8 Å². The SMILES string of the molecule is Cc1ccc(-c2nc(-c3ccccc3)sc2/N=C(\c2ccc(Br)cc2)N2CCN(c3ccccc3F)CC2)cc1. The number of halogens is 2. The van der Waals surface area contributed by atoms with Crippen molar-refractivity contribution in [2.45, 2.75) is 6.92 Å². The number of benzene rings is 4. The second-order valence-electron chi connectivity index (χ2n) is 9.77. The Morgan fingerprint density at radius 2 is 1.48 bits per heavy atom. The Hall–Kier alpha value is -3.81. The summed E-state index contributed by atoms with van der Waals surface area (Å²) in [7, 11) is 0. The molecule has 6 rings (SSSR count). The Morgan fingerprint density at radius 3 is 2.17 bits per heavy atom. The highest BCUT2D eigenvalue weighted by atomic mass is 79.9. The van der Waals surface area contributed by atoms with Gasteiger partial charge in [0.2, 0.25) is 0 Å². The summed E-state index contributed by atoms with van der Waals surface area (Å²) in [6.07, 6.45) is 0. The molecule has 1 aromatic heterocycles. The minimum absolute atomic E-state index is 0.182. The van der Waals surface area contributed by atoms with Crippen LogP contribution in [-0.2, 0) is 0 Å². The maximum absolute atomic E-state index is 14.5. The summed E-state index contributed by atoms with van der Waals surface area (Å²) in [5.74, 6) is 0.718. The van der Waals surface area contributed by atoms with Gasteiger partial charge in [0.25, 0.3) is 0 Å². The van der Waals surface area contributed by atoms with E-state index < -0.39 is 0 Å². The Kier molecular flexibility index (Phi) is 7.75. The molecule has 0 unspecified atom stereocenters. The number of anilines is 1. The van der Waals surface area contributed by atoms with E-state index in [-0.39, 0.29) is 5.82 Å². The highest BCUT2D eigenvalue weighted by molar-refractivity contribution is 9.10. The molecule has 1 saturated heterocycles. The molecule has 200 valence electrons. The monoisotopic (exact) mass is 610 g/mol. The molecule has 40 heavy (non-hydrogen) atoms. The summed E-state index contributed by atoms with van der Waals surface area (Å²) in [6, 6.07) is 34.0. The van der Waals surface area contributed by atoms with Crippen molar-refractivity contribution < 1.29 is 4.39 Å². The summed E-state index contributed by atoms with van der Waals surface area (Å²) in [5.41, 5.74) is 5.89. The summed E-state index contributed by atoms with van der Waals surface area (Å²) >= 11 is 5.18. The summed E-state index contributed by atoms with van der Waals surface area (Å²) in [6.45, 7) is 4.96. The second kappa shape index (κ2) is 11.7. The number of nitrogens with zero attached hydrogens (tertiary/aromatic N) is 4. The van der Waals surface area contributed by atoms with Gasteiger partial charge in [0.1, 0.15) is 27.4 Å². The fourth-order valence-corrected chi connectivity index (χ4v) is 6.10. The predicted octanol–water partition coefficient (Wildman–Crippen LogP) is 8.59. The van der Waals surface area contributed by atoms with Gasteiger partial charge in [-0.25, -0.2) is 14.4 Å². The number of amidine groups is 1. The van der Waals surface area contributed by atoms with Crippen molar-refractivity contribution in [2.24, 2.45) is 4.99 Å². The van der Waals surface area contributed by atoms with Crippen LogP contribution in [0.1, 0.15) is 11.1 Å². The van der Waals surface area contributed by atoms with Crippen LogP contribution < -0.4 is 4.90 Å². The van der Waals surface area contributed by atoms with Gasteiger partial charge >= 0.3 is 0 Å². The first kappa shape index (κ1) is 26.4. The number of aliphatic imine (C=N–C) groups is 1. The van der Waals surface area contributed by atoms with Crippen molar-refractivity contribution in [3.63, 3.8) is 0 Å². The van der Waals surface area contributed by atoms with E-state index in [1.54, 1.807) is 17.4 Å². The second-order valence-corrected chi connectivity index (χ2v) is 11.7. The first-order chi connectivity index (χ1) is 19.5. The van der Waals surface area contributed by atoms with Crippen molar-refractivity contribution in [3.05, 3.63) is 125 Å². The predicted molar refractivity (Wildman–Crippen MR) is 168 cm³/mol. The lowest BCUT2D eigenvalue weighted by atomic mass is 10.1. The fraction of sp³-hybridized carbons (Fsp3) is 0.152. The lowest BCUT2D eigenvalue weighted by Gasteiger charge is -2.38. The molecule has 4 aromatic carbocycles. The molecular weight excluding hydrogens is 583 g/mol. The van der Waals surface area contributed by atoms with Crippen LogP contribution in [0, 0.1) is 12.7 Å². The third-order valence-corrected chi connectivity index (χ3v) is 8.56. The molecule has 5 aromatic rings. The van der Waals surface area contributed by atoms with Gasteiger partial charge in [-0.2, -0.15) is 0 Å². The van der Waals surface area contributed by atoms with Crippen LogP contribution in [0.3, 0.4) is 0 Å². The van der Waals surface area contributed by atoms with E-state index in [0.717, 1.165) is 55.8 Å². The molecule has 0 saturated carbocycles. The lowest BCUT2D eigenvalue weighted by molar-refractivity contribution is 0.384. The molecule has 0 aliphatic carbocycles. The van der Waals surface area contributed by atoms with E-state index in [1.165, 1.54) is 11.6 Å². The van der Waals surface area contributed by atoms with Gasteiger partial charge in [-0.3, -0.25) is 0 Å². The summed E-state index contributed by atoms with van der Waals surface area (Å²) in [5, 5.41) is 1.81. The largest absolute Gasteiger partial charge is 0.366 e. The van der Waals surface area contributed by atoms with Gasteiger partial charge < -0.3 is 9.80 Å². The number of rotatable bonds is 5. The molecule has 0 bridgehead atoms. The van der Waals surface area contributed by atoms with E-state index in [9.17, 15) is 4.39 Å². The molecular formula is C33H28BrFN4S. The third kappa shape index (κ3) is 5.71. The van der Waals surface area contributed by atoms with Crippen LogP contribution in [-0.4, -0.2) is 41.9 Å². The van der Waals surface area contributed by atoms with Crippen molar-refractivity contribution in [2.75, 3.05) is 31.1 Å². The molecule has 2 heterocycles. The zero-order valence-electron chi connectivity index (χ0n) is 22.1. The van der Waals surface area contributed by atoms with Gasteiger partial charge in [0, 0.05) is 47.3 Å². The summed E-state index contributed by atoms with van der Waals surface area (Å²) in [4.78, 5) is 14.8. The number of aromatic nitrogens is 1.